The lowest BCUT2D eigenvalue weighted by molar-refractivity contribution is -0.0583. The quantitative estimate of drug-likeness (QED) is 0.937. The average molecular weight is 298 g/mol. The Bertz CT molecular complexity index is 596. The molecule has 2 heterocycles. The van der Waals surface area contributed by atoms with Crippen LogP contribution in [-0.4, -0.2) is 20.7 Å². The summed E-state index contributed by atoms with van der Waals surface area (Å²) in [6.07, 6.45) is 4.65. The van der Waals surface area contributed by atoms with E-state index in [2.05, 4.69) is 30.7 Å². The third-order valence-electron chi connectivity index (χ3n) is 4.29. The number of pyridine rings is 2. The van der Waals surface area contributed by atoms with Crippen molar-refractivity contribution in [3.63, 3.8) is 0 Å². The summed E-state index contributed by atoms with van der Waals surface area (Å²) >= 11 is 0. The zero-order valence-corrected chi connectivity index (χ0v) is 14.2. The molecule has 0 aromatic carbocycles. The van der Waals surface area contributed by atoms with Crippen molar-refractivity contribution in [2.75, 3.05) is 0 Å². The second kappa shape index (κ2) is 6.17. The van der Waals surface area contributed by atoms with Gasteiger partial charge in [0.1, 0.15) is 0 Å². The Morgan fingerprint density at radius 2 is 1.27 bits per heavy atom. The van der Waals surface area contributed by atoms with Crippen molar-refractivity contribution in [2.24, 2.45) is 5.41 Å². The van der Waals surface area contributed by atoms with E-state index in [1.54, 1.807) is 12.4 Å². The van der Waals surface area contributed by atoms with Crippen molar-refractivity contribution < 1.29 is 5.11 Å². The number of hydrogen-bond acceptors (Lipinski definition) is 3. The summed E-state index contributed by atoms with van der Waals surface area (Å²) in [4.78, 5) is 8.83. The lowest BCUT2D eigenvalue weighted by Gasteiger charge is -2.40. The van der Waals surface area contributed by atoms with E-state index >= 15 is 0 Å². The van der Waals surface area contributed by atoms with E-state index in [9.17, 15) is 5.11 Å². The van der Waals surface area contributed by atoms with Crippen LogP contribution >= 0.6 is 0 Å². The molecule has 0 aliphatic heterocycles. The smallest absolute Gasteiger partial charge is 0.0806 e. The largest absolute Gasteiger partial charge is 0.389 e. The van der Waals surface area contributed by atoms with Gasteiger partial charge in [-0.3, -0.25) is 9.97 Å². The van der Waals surface area contributed by atoms with Gasteiger partial charge in [-0.25, -0.2) is 0 Å². The van der Waals surface area contributed by atoms with Crippen LogP contribution in [0.3, 0.4) is 0 Å². The Hall–Kier alpha value is -1.74. The van der Waals surface area contributed by atoms with Gasteiger partial charge in [0, 0.05) is 36.6 Å². The highest BCUT2D eigenvalue weighted by atomic mass is 16.3. The van der Waals surface area contributed by atoms with Crippen LogP contribution < -0.4 is 0 Å². The van der Waals surface area contributed by atoms with Gasteiger partial charge in [0.15, 0.2) is 0 Å². The van der Waals surface area contributed by atoms with Gasteiger partial charge < -0.3 is 5.11 Å². The van der Waals surface area contributed by atoms with Crippen molar-refractivity contribution in [1.29, 1.82) is 0 Å². The minimum atomic E-state index is -0.894. The van der Waals surface area contributed by atoms with Crippen LogP contribution in [-0.2, 0) is 12.8 Å². The molecular formula is C19H26N2O. The van der Waals surface area contributed by atoms with Crippen molar-refractivity contribution in [3.8, 4) is 0 Å². The van der Waals surface area contributed by atoms with E-state index in [1.165, 1.54) is 0 Å². The number of aliphatic hydroxyl groups is 1. The molecule has 0 bridgehead atoms. The summed E-state index contributed by atoms with van der Waals surface area (Å²) in [6, 6.07) is 8.03. The lowest BCUT2D eigenvalue weighted by atomic mass is 9.71. The molecule has 118 valence electrons. The van der Waals surface area contributed by atoms with Crippen LogP contribution in [0.2, 0.25) is 0 Å². The van der Waals surface area contributed by atoms with E-state index in [0.29, 0.717) is 12.8 Å². The normalized spacial score (nSPS) is 12.5. The molecule has 2 rings (SSSR count). The maximum atomic E-state index is 11.4. The van der Waals surface area contributed by atoms with Crippen LogP contribution in [0.1, 0.15) is 43.3 Å². The topological polar surface area (TPSA) is 46.0 Å². The highest BCUT2D eigenvalue weighted by Crippen LogP contribution is 2.36. The fourth-order valence-corrected chi connectivity index (χ4v) is 2.58. The molecule has 0 spiro atoms. The molecule has 0 aliphatic rings. The number of aromatic nitrogens is 2. The van der Waals surface area contributed by atoms with Crippen molar-refractivity contribution >= 4 is 0 Å². The summed E-state index contributed by atoms with van der Waals surface area (Å²) in [7, 11) is 0. The number of rotatable bonds is 4. The standard InChI is InChI=1S/C19H26N2O/c1-14-6-8-20-16(10-14)12-19(22,18(3,4)5)13-17-11-15(2)7-9-21-17/h6-11,22H,12-13H2,1-5H3. The summed E-state index contributed by atoms with van der Waals surface area (Å²) in [5, 5.41) is 11.4. The zero-order chi connectivity index (χ0) is 16.4. The summed E-state index contributed by atoms with van der Waals surface area (Å²) < 4.78 is 0. The Kier molecular flexibility index (Phi) is 4.66. The predicted molar refractivity (Wildman–Crippen MR) is 89.8 cm³/mol. The average Bonchev–Trinajstić information content (AvgIpc) is 2.37. The van der Waals surface area contributed by atoms with E-state index < -0.39 is 5.60 Å². The van der Waals surface area contributed by atoms with E-state index in [1.807, 2.05) is 38.1 Å². The second-order valence-electron chi connectivity index (χ2n) is 7.28. The van der Waals surface area contributed by atoms with Gasteiger partial charge >= 0.3 is 0 Å². The van der Waals surface area contributed by atoms with Gasteiger partial charge in [-0.15, -0.1) is 0 Å². The van der Waals surface area contributed by atoms with Crippen LogP contribution in [0.5, 0.6) is 0 Å². The molecule has 2 aromatic heterocycles. The first kappa shape index (κ1) is 16.6. The first-order valence-corrected chi connectivity index (χ1v) is 7.75. The number of hydrogen-bond donors (Lipinski definition) is 1. The van der Waals surface area contributed by atoms with Gasteiger partial charge in [0.05, 0.1) is 5.60 Å². The summed E-state index contributed by atoms with van der Waals surface area (Å²) in [6.45, 7) is 10.3. The lowest BCUT2D eigenvalue weighted by Crippen LogP contribution is -2.47. The van der Waals surface area contributed by atoms with Crippen molar-refractivity contribution in [2.45, 2.75) is 53.1 Å². The number of nitrogens with zero attached hydrogens (tertiary/aromatic N) is 2. The monoisotopic (exact) mass is 298 g/mol. The van der Waals surface area contributed by atoms with Gasteiger partial charge in [-0.05, 0) is 54.7 Å². The van der Waals surface area contributed by atoms with Crippen LogP contribution in [0.4, 0.5) is 0 Å². The molecule has 0 radical (unpaired) electrons. The Morgan fingerprint density at radius 3 is 1.59 bits per heavy atom. The summed E-state index contributed by atoms with van der Waals surface area (Å²) in [5.41, 5.74) is 3.00. The molecule has 3 nitrogen and oxygen atoms in total. The molecule has 0 saturated heterocycles. The first-order valence-electron chi connectivity index (χ1n) is 7.75. The van der Waals surface area contributed by atoms with E-state index in [4.69, 9.17) is 0 Å². The molecule has 0 amide bonds. The molecule has 3 heteroatoms. The third-order valence-corrected chi connectivity index (χ3v) is 4.29. The molecule has 0 saturated carbocycles. The highest BCUT2D eigenvalue weighted by molar-refractivity contribution is 5.20. The molecule has 0 fully saturated rings. The van der Waals surface area contributed by atoms with Crippen LogP contribution in [0, 0.1) is 19.3 Å². The fraction of sp³-hybridized carbons (Fsp3) is 0.474. The van der Waals surface area contributed by atoms with Gasteiger partial charge in [0.2, 0.25) is 0 Å². The predicted octanol–water partition coefficient (Wildman–Crippen LogP) is 3.66. The molecule has 1 N–H and O–H groups in total. The minimum absolute atomic E-state index is 0.274. The molecular weight excluding hydrogens is 272 g/mol. The van der Waals surface area contributed by atoms with Crippen LogP contribution in [0.25, 0.3) is 0 Å². The molecule has 0 unspecified atom stereocenters. The van der Waals surface area contributed by atoms with Crippen molar-refractivity contribution in [3.05, 3.63) is 59.2 Å². The minimum Gasteiger partial charge on any atom is -0.389 e. The molecule has 22 heavy (non-hydrogen) atoms. The fourth-order valence-electron chi connectivity index (χ4n) is 2.58. The maximum Gasteiger partial charge on any atom is 0.0806 e. The summed E-state index contributed by atoms with van der Waals surface area (Å²) in [5.74, 6) is 0. The molecule has 0 atom stereocenters. The Morgan fingerprint density at radius 1 is 0.864 bits per heavy atom. The second-order valence-corrected chi connectivity index (χ2v) is 7.28. The first-order chi connectivity index (χ1) is 10.2. The Balaban J connectivity index is 2.32. The molecule has 2 aromatic rings. The van der Waals surface area contributed by atoms with Crippen LogP contribution in [0.15, 0.2) is 36.7 Å². The highest BCUT2D eigenvalue weighted by Gasteiger charge is 2.40. The maximum absolute atomic E-state index is 11.4. The van der Waals surface area contributed by atoms with E-state index in [0.717, 1.165) is 22.5 Å². The molecule has 0 aliphatic carbocycles. The number of aryl methyl sites for hydroxylation is 2. The SMILES string of the molecule is Cc1ccnc(CC(O)(Cc2cc(C)ccn2)C(C)(C)C)c1. The third kappa shape index (κ3) is 3.92. The van der Waals surface area contributed by atoms with Crippen molar-refractivity contribution in [1.82, 2.24) is 9.97 Å². The van der Waals surface area contributed by atoms with Gasteiger partial charge in [-0.2, -0.15) is 0 Å². The van der Waals surface area contributed by atoms with Gasteiger partial charge in [-0.1, -0.05) is 20.8 Å². The Labute approximate surface area is 133 Å². The van der Waals surface area contributed by atoms with E-state index in [-0.39, 0.29) is 5.41 Å². The zero-order valence-electron chi connectivity index (χ0n) is 14.2. The van der Waals surface area contributed by atoms with Gasteiger partial charge in [0.25, 0.3) is 0 Å².